The van der Waals surface area contributed by atoms with Gasteiger partial charge in [0.05, 0.1) is 0 Å². The SMILES string of the molecule is Cl.NC[C@H]1CCC[C@H]1C(=O)NCCc1c[nH]c2ccccc12. The van der Waals surface area contributed by atoms with Crippen molar-refractivity contribution in [3.63, 3.8) is 0 Å². The molecule has 4 N–H and O–H groups in total. The normalized spacial score (nSPS) is 20.8. The molecule has 1 saturated carbocycles. The molecule has 3 rings (SSSR count). The Labute approximate surface area is 137 Å². The van der Waals surface area contributed by atoms with Gasteiger partial charge in [-0.15, -0.1) is 12.4 Å². The van der Waals surface area contributed by atoms with Gasteiger partial charge in [-0.3, -0.25) is 4.79 Å². The number of para-hydroxylation sites is 1. The molecule has 0 spiro atoms. The zero-order valence-electron chi connectivity index (χ0n) is 12.7. The minimum Gasteiger partial charge on any atom is -0.361 e. The molecule has 1 aliphatic rings. The maximum absolute atomic E-state index is 12.2. The fourth-order valence-electron chi connectivity index (χ4n) is 3.45. The largest absolute Gasteiger partial charge is 0.361 e. The molecule has 0 unspecified atom stereocenters. The van der Waals surface area contributed by atoms with Crippen LogP contribution in [-0.2, 0) is 11.2 Å². The number of hydrogen-bond donors (Lipinski definition) is 3. The zero-order chi connectivity index (χ0) is 14.7. The minimum absolute atomic E-state index is 0. The molecular weight excluding hydrogens is 298 g/mol. The van der Waals surface area contributed by atoms with Crippen LogP contribution in [0.4, 0.5) is 0 Å². The van der Waals surface area contributed by atoms with E-state index in [1.807, 2.05) is 18.3 Å². The van der Waals surface area contributed by atoms with E-state index >= 15 is 0 Å². The number of nitrogens with two attached hydrogens (primary N) is 1. The Hall–Kier alpha value is -1.52. The van der Waals surface area contributed by atoms with Gasteiger partial charge in [0.1, 0.15) is 0 Å². The monoisotopic (exact) mass is 321 g/mol. The van der Waals surface area contributed by atoms with Gasteiger partial charge >= 0.3 is 0 Å². The lowest BCUT2D eigenvalue weighted by Crippen LogP contribution is -2.36. The van der Waals surface area contributed by atoms with Gasteiger partial charge in [-0.1, -0.05) is 24.6 Å². The summed E-state index contributed by atoms with van der Waals surface area (Å²) in [6, 6.07) is 8.26. The predicted molar refractivity (Wildman–Crippen MR) is 92.1 cm³/mol. The zero-order valence-corrected chi connectivity index (χ0v) is 13.5. The van der Waals surface area contributed by atoms with Crippen molar-refractivity contribution >= 4 is 29.2 Å². The number of nitrogens with one attached hydrogen (secondary N) is 2. The van der Waals surface area contributed by atoms with Crippen LogP contribution in [0.1, 0.15) is 24.8 Å². The standard InChI is InChI=1S/C17H23N3O.ClH/c18-10-12-4-3-6-15(12)17(21)19-9-8-13-11-20-16-7-2-1-5-14(13)16;/h1-2,5,7,11-12,15,20H,3-4,6,8-10,18H2,(H,19,21);1H/t12-,15-;/m1./s1. The van der Waals surface area contributed by atoms with Crippen molar-refractivity contribution in [1.82, 2.24) is 10.3 Å². The van der Waals surface area contributed by atoms with Crippen LogP contribution in [0, 0.1) is 11.8 Å². The number of fused-ring (bicyclic) bond motifs is 1. The number of aromatic amines is 1. The second kappa shape index (κ2) is 7.65. The summed E-state index contributed by atoms with van der Waals surface area (Å²) in [4.78, 5) is 15.5. The summed E-state index contributed by atoms with van der Waals surface area (Å²) < 4.78 is 0. The van der Waals surface area contributed by atoms with Gasteiger partial charge in [0.15, 0.2) is 0 Å². The molecule has 1 aromatic carbocycles. The van der Waals surface area contributed by atoms with E-state index in [0.717, 1.165) is 31.2 Å². The van der Waals surface area contributed by atoms with Crippen LogP contribution in [0.15, 0.2) is 30.5 Å². The third-order valence-corrected chi connectivity index (χ3v) is 4.67. The molecule has 0 saturated heterocycles. The first-order valence-electron chi connectivity index (χ1n) is 7.82. The number of aromatic nitrogens is 1. The summed E-state index contributed by atoms with van der Waals surface area (Å²) in [7, 11) is 0. The highest BCUT2D eigenvalue weighted by Gasteiger charge is 2.31. The third kappa shape index (κ3) is 3.45. The number of hydrogen-bond acceptors (Lipinski definition) is 2. The summed E-state index contributed by atoms with van der Waals surface area (Å²) in [5.74, 6) is 0.679. The molecule has 0 bridgehead atoms. The summed E-state index contributed by atoms with van der Waals surface area (Å²) >= 11 is 0. The fraction of sp³-hybridized carbons (Fsp3) is 0.471. The first-order chi connectivity index (χ1) is 10.3. The molecule has 22 heavy (non-hydrogen) atoms. The van der Waals surface area contributed by atoms with Crippen LogP contribution in [0.5, 0.6) is 0 Å². The summed E-state index contributed by atoms with van der Waals surface area (Å²) in [5, 5.41) is 4.33. The Morgan fingerprint density at radius 1 is 1.32 bits per heavy atom. The van der Waals surface area contributed by atoms with E-state index in [0.29, 0.717) is 19.0 Å². The summed E-state index contributed by atoms with van der Waals surface area (Å²) in [6.07, 6.45) is 6.10. The van der Waals surface area contributed by atoms with E-state index < -0.39 is 0 Å². The van der Waals surface area contributed by atoms with E-state index in [-0.39, 0.29) is 24.2 Å². The minimum atomic E-state index is 0. The highest BCUT2D eigenvalue weighted by Crippen LogP contribution is 2.30. The second-order valence-corrected chi connectivity index (χ2v) is 5.93. The molecule has 1 fully saturated rings. The van der Waals surface area contributed by atoms with Crippen molar-refractivity contribution in [3.05, 3.63) is 36.0 Å². The number of benzene rings is 1. The van der Waals surface area contributed by atoms with E-state index in [4.69, 9.17) is 5.73 Å². The average Bonchev–Trinajstić information content (AvgIpc) is 3.14. The Balaban J connectivity index is 0.00000176. The fourth-order valence-corrected chi connectivity index (χ4v) is 3.45. The molecule has 0 aliphatic heterocycles. The van der Waals surface area contributed by atoms with Crippen LogP contribution in [0.25, 0.3) is 10.9 Å². The van der Waals surface area contributed by atoms with Crippen molar-refractivity contribution in [3.8, 4) is 0 Å². The van der Waals surface area contributed by atoms with Gasteiger partial charge in [-0.05, 0) is 43.4 Å². The quantitative estimate of drug-likeness (QED) is 0.792. The van der Waals surface area contributed by atoms with Crippen LogP contribution in [-0.4, -0.2) is 24.0 Å². The predicted octanol–water partition coefficient (Wildman–Crippen LogP) is 2.62. The smallest absolute Gasteiger partial charge is 0.223 e. The van der Waals surface area contributed by atoms with Gasteiger partial charge in [0, 0.05) is 29.6 Å². The Kier molecular flexibility index (Phi) is 5.86. The Morgan fingerprint density at radius 2 is 2.14 bits per heavy atom. The molecule has 0 radical (unpaired) electrons. The second-order valence-electron chi connectivity index (χ2n) is 5.93. The number of halogens is 1. The van der Waals surface area contributed by atoms with E-state index in [1.54, 1.807) is 0 Å². The van der Waals surface area contributed by atoms with Crippen molar-refractivity contribution in [1.29, 1.82) is 0 Å². The molecule has 5 heteroatoms. The highest BCUT2D eigenvalue weighted by atomic mass is 35.5. The van der Waals surface area contributed by atoms with Crippen molar-refractivity contribution in [2.45, 2.75) is 25.7 Å². The Morgan fingerprint density at radius 3 is 2.95 bits per heavy atom. The molecule has 1 aliphatic carbocycles. The van der Waals surface area contributed by atoms with Crippen molar-refractivity contribution in [2.75, 3.05) is 13.1 Å². The van der Waals surface area contributed by atoms with E-state index in [9.17, 15) is 4.79 Å². The van der Waals surface area contributed by atoms with Gasteiger partial charge < -0.3 is 16.0 Å². The Bertz CT molecular complexity index is 625. The number of rotatable bonds is 5. The molecule has 1 aromatic heterocycles. The number of carbonyl (C=O) groups excluding carboxylic acids is 1. The van der Waals surface area contributed by atoms with Gasteiger partial charge in [0.25, 0.3) is 0 Å². The van der Waals surface area contributed by atoms with Gasteiger partial charge in [-0.2, -0.15) is 0 Å². The highest BCUT2D eigenvalue weighted by molar-refractivity contribution is 5.85. The van der Waals surface area contributed by atoms with Crippen molar-refractivity contribution in [2.24, 2.45) is 17.6 Å². The van der Waals surface area contributed by atoms with Gasteiger partial charge in [0.2, 0.25) is 5.91 Å². The van der Waals surface area contributed by atoms with Gasteiger partial charge in [-0.25, -0.2) is 0 Å². The third-order valence-electron chi connectivity index (χ3n) is 4.67. The number of H-pyrrole nitrogens is 1. The molecule has 2 atom stereocenters. The molecule has 4 nitrogen and oxygen atoms in total. The number of amides is 1. The van der Waals surface area contributed by atoms with Crippen LogP contribution in [0.3, 0.4) is 0 Å². The maximum Gasteiger partial charge on any atom is 0.223 e. The molecule has 120 valence electrons. The lowest BCUT2D eigenvalue weighted by Gasteiger charge is -2.17. The van der Waals surface area contributed by atoms with Crippen LogP contribution in [0.2, 0.25) is 0 Å². The lowest BCUT2D eigenvalue weighted by molar-refractivity contribution is -0.125. The molecule has 1 amide bonds. The molecule has 2 aromatic rings. The molecular formula is C17H24ClN3O. The summed E-state index contributed by atoms with van der Waals surface area (Å²) in [6.45, 7) is 1.31. The van der Waals surface area contributed by atoms with E-state index in [1.165, 1.54) is 10.9 Å². The lowest BCUT2D eigenvalue weighted by atomic mass is 9.95. The summed E-state index contributed by atoms with van der Waals surface area (Å²) in [5.41, 5.74) is 8.15. The van der Waals surface area contributed by atoms with Crippen LogP contribution >= 0.6 is 12.4 Å². The maximum atomic E-state index is 12.2. The first-order valence-corrected chi connectivity index (χ1v) is 7.82. The first kappa shape index (κ1) is 16.8. The van der Waals surface area contributed by atoms with E-state index in [2.05, 4.69) is 22.4 Å². The number of carbonyl (C=O) groups is 1. The average molecular weight is 322 g/mol. The van der Waals surface area contributed by atoms with Crippen molar-refractivity contribution < 1.29 is 4.79 Å². The molecule has 1 heterocycles. The topological polar surface area (TPSA) is 70.9 Å². The van der Waals surface area contributed by atoms with Crippen LogP contribution < -0.4 is 11.1 Å².